The number of benzene rings is 1. The second kappa shape index (κ2) is 7.95. The molecule has 6 nitrogen and oxygen atoms in total. The maximum atomic E-state index is 12.5. The molecule has 0 N–H and O–H groups in total. The van der Waals surface area contributed by atoms with E-state index >= 15 is 0 Å². The molecule has 0 aliphatic carbocycles. The zero-order chi connectivity index (χ0) is 19.4. The predicted octanol–water partition coefficient (Wildman–Crippen LogP) is 4.24. The summed E-state index contributed by atoms with van der Waals surface area (Å²) in [7, 11) is -3.34. The van der Waals surface area contributed by atoms with E-state index in [0.29, 0.717) is 23.0 Å². The van der Waals surface area contributed by atoms with E-state index in [1.807, 2.05) is 29.7 Å². The minimum atomic E-state index is -3.34. The first-order chi connectivity index (χ1) is 13.6. The van der Waals surface area contributed by atoms with Crippen molar-refractivity contribution in [3.05, 3.63) is 78.0 Å². The van der Waals surface area contributed by atoms with Crippen LogP contribution in [-0.2, 0) is 16.4 Å². The molecule has 4 rings (SSSR count). The molecule has 0 saturated heterocycles. The highest BCUT2D eigenvalue weighted by Crippen LogP contribution is 2.24. The molecule has 28 heavy (non-hydrogen) atoms. The predicted molar refractivity (Wildman–Crippen MR) is 109 cm³/mol. The van der Waals surface area contributed by atoms with Crippen LogP contribution in [0.4, 0.5) is 0 Å². The van der Waals surface area contributed by atoms with E-state index in [1.54, 1.807) is 65.2 Å². The summed E-state index contributed by atoms with van der Waals surface area (Å²) < 4.78 is 32.1. The second-order valence-electron chi connectivity index (χ2n) is 6.08. The molecular formula is C20H17N3O3S2. The lowest BCUT2D eigenvalue weighted by atomic mass is 10.2. The summed E-state index contributed by atoms with van der Waals surface area (Å²) in [5.74, 6) is 0.622. The average Bonchev–Trinajstić information content (AvgIpc) is 3.47. The van der Waals surface area contributed by atoms with Crippen LogP contribution in [0.2, 0.25) is 0 Å². The molecule has 3 aromatic heterocycles. The molecule has 0 radical (unpaired) electrons. The molecule has 142 valence electrons. The normalized spacial score (nSPS) is 12.0. The Bertz CT molecular complexity index is 1160. The Labute approximate surface area is 166 Å². The zero-order valence-electron chi connectivity index (χ0n) is 14.8. The molecular weight excluding hydrogens is 394 g/mol. The summed E-state index contributed by atoms with van der Waals surface area (Å²) in [6.45, 7) is 0.378. The van der Waals surface area contributed by atoms with Crippen molar-refractivity contribution >= 4 is 33.3 Å². The fourth-order valence-electron chi connectivity index (χ4n) is 2.61. The lowest BCUT2D eigenvalue weighted by Crippen LogP contribution is -2.12. The summed E-state index contributed by atoms with van der Waals surface area (Å²) in [5.41, 5.74) is 1.59. The molecule has 0 spiro atoms. The lowest BCUT2D eigenvalue weighted by molar-refractivity contribution is 0.576. The monoisotopic (exact) mass is 411 g/mol. The van der Waals surface area contributed by atoms with Crippen molar-refractivity contribution in [2.24, 2.45) is 0 Å². The number of hydrogen-bond acceptors (Lipinski definition) is 6. The van der Waals surface area contributed by atoms with Crippen LogP contribution >= 0.6 is 11.3 Å². The molecule has 0 amide bonds. The molecule has 0 unspecified atom stereocenters. The van der Waals surface area contributed by atoms with Crippen molar-refractivity contribution in [1.82, 2.24) is 14.5 Å². The van der Waals surface area contributed by atoms with Gasteiger partial charge in [-0.3, -0.25) is 0 Å². The van der Waals surface area contributed by atoms with Gasteiger partial charge < -0.3 is 8.98 Å². The minimum Gasteiger partial charge on any atom is -0.443 e. The van der Waals surface area contributed by atoms with Gasteiger partial charge in [0.2, 0.25) is 5.89 Å². The number of aryl methyl sites for hydroxylation is 1. The van der Waals surface area contributed by atoms with E-state index in [4.69, 9.17) is 4.42 Å². The van der Waals surface area contributed by atoms with E-state index in [-0.39, 0.29) is 5.75 Å². The number of hydrogen-bond donors (Lipinski definition) is 0. The van der Waals surface area contributed by atoms with Gasteiger partial charge in [0.15, 0.2) is 9.84 Å². The average molecular weight is 412 g/mol. The van der Waals surface area contributed by atoms with Gasteiger partial charge in [0, 0.05) is 18.9 Å². The van der Waals surface area contributed by atoms with Crippen LogP contribution in [0, 0.1) is 0 Å². The maximum Gasteiger partial charge on any atom is 0.236 e. The molecule has 0 aliphatic heterocycles. The first kappa shape index (κ1) is 18.4. The Kier molecular flexibility index (Phi) is 5.23. The summed E-state index contributed by atoms with van der Waals surface area (Å²) in [4.78, 5) is 9.63. The number of nitrogens with zero attached hydrogens (tertiary/aromatic N) is 3. The van der Waals surface area contributed by atoms with E-state index in [1.165, 1.54) is 0 Å². The van der Waals surface area contributed by atoms with E-state index < -0.39 is 9.84 Å². The van der Waals surface area contributed by atoms with Gasteiger partial charge in [0.05, 0.1) is 21.9 Å². The van der Waals surface area contributed by atoms with E-state index in [2.05, 4.69) is 9.97 Å². The van der Waals surface area contributed by atoms with Crippen LogP contribution in [0.25, 0.3) is 22.9 Å². The van der Waals surface area contributed by atoms with Crippen molar-refractivity contribution in [2.75, 3.05) is 5.75 Å². The third-order valence-corrected chi connectivity index (χ3v) is 6.69. The molecule has 8 heteroatoms. The molecule has 3 heterocycles. The van der Waals surface area contributed by atoms with Gasteiger partial charge in [0.1, 0.15) is 12.0 Å². The highest BCUT2D eigenvalue weighted by molar-refractivity contribution is 7.91. The molecule has 4 aromatic rings. The topological polar surface area (TPSA) is 78.0 Å². The van der Waals surface area contributed by atoms with Gasteiger partial charge in [-0.25, -0.2) is 18.4 Å². The summed E-state index contributed by atoms with van der Waals surface area (Å²) in [6.07, 6.45) is 10.3. The van der Waals surface area contributed by atoms with Gasteiger partial charge in [-0.2, -0.15) is 0 Å². The van der Waals surface area contributed by atoms with Crippen LogP contribution in [0.5, 0.6) is 0 Å². The zero-order valence-corrected chi connectivity index (χ0v) is 16.4. The van der Waals surface area contributed by atoms with Gasteiger partial charge in [-0.15, -0.1) is 11.3 Å². The number of sulfone groups is 1. The SMILES string of the molecule is O=S(=O)(CCn1ccnc1)c1ccc(/C=C/c2coc(-c3cccs3)n2)cc1. The summed E-state index contributed by atoms with van der Waals surface area (Å²) in [6, 6.07) is 10.7. The molecule has 0 atom stereocenters. The Balaban J connectivity index is 1.42. The highest BCUT2D eigenvalue weighted by Gasteiger charge is 2.14. The van der Waals surface area contributed by atoms with E-state index in [9.17, 15) is 8.42 Å². The van der Waals surface area contributed by atoms with E-state index in [0.717, 1.165) is 10.4 Å². The Morgan fingerprint density at radius 1 is 1.14 bits per heavy atom. The molecule has 0 saturated carbocycles. The van der Waals surface area contributed by atoms with Gasteiger partial charge in [0.25, 0.3) is 0 Å². The van der Waals surface area contributed by atoms with Crippen molar-refractivity contribution in [3.63, 3.8) is 0 Å². The molecule has 1 aromatic carbocycles. The van der Waals surface area contributed by atoms with Crippen molar-refractivity contribution in [2.45, 2.75) is 11.4 Å². The summed E-state index contributed by atoms with van der Waals surface area (Å²) >= 11 is 1.57. The van der Waals surface area contributed by atoms with Crippen LogP contribution in [0.15, 0.2) is 76.1 Å². The number of rotatable bonds is 7. The molecule has 0 aliphatic rings. The van der Waals surface area contributed by atoms with Crippen LogP contribution in [0.1, 0.15) is 11.3 Å². The van der Waals surface area contributed by atoms with Gasteiger partial charge in [-0.1, -0.05) is 24.3 Å². The Hall–Kier alpha value is -2.97. The van der Waals surface area contributed by atoms with Gasteiger partial charge in [-0.05, 0) is 35.2 Å². The largest absolute Gasteiger partial charge is 0.443 e. The first-order valence-corrected chi connectivity index (χ1v) is 11.1. The number of aromatic nitrogens is 3. The quantitative estimate of drug-likeness (QED) is 0.454. The third kappa shape index (κ3) is 4.29. The summed E-state index contributed by atoms with van der Waals surface area (Å²) in [5, 5.41) is 1.97. The van der Waals surface area contributed by atoms with Crippen molar-refractivity contribution < 1.29 is 12.8 Å². The lowest BCUT2D eigenvalue weighted by Gasteiger charge is -2.05. The number of oxazole rings is 1. The molecule has 0 fully saturated rings. The van der Waals surface area contributed by atoms with Crippen LogP contribution in [-0.4, -0.2) is 28.7 Å². The van der Waals surface area contributed by atoms with Crippen molar-refractivity contribution in [1.29, 1.82) is 0 Å². The standard InChI is InChI=1S/C20H17N3O3S2/c24-28(25,13-11-23-10-9-21-15-23)18-7-4-16(5-8-18)3-6-17-14-26-20(22-17)19-2-1-12-27-19/h1-10,12,14-15H,11,13H2/b6-3+. The Morgan fingerprint density at radius 3 is 2.71 bits per heavy atom. The van der Waals surface area contributed by atoms with Crippen LogP contribution < -0.4 is 0 Å². The van der Waals surface area contributed by atoms with Gasteiger partial charge >= 0.3 is 0 Å². The fourth-order valence-corrected chi connectivity index (χ4v) is 4.50. The first-order valence-electron chi connectivity index (χ1n) is 8.56. The minimum absolute atomic E-state index is 0.0307. The fraction of sp³-hybridized carbons (Fsp3) is 0.100. The number of imidazole rings is 1. The van der Waals surface area contributed by atoms with Crippen LogP contribution in [0.3, 0.4) is 0 Å². The second-order valence-corrected chi connectivity index (χ2v) is 9.13. The smallest absolute Gasteiger partial charge is 0.236 e. The maximum absolute atomic E-state index is 12.5. The highest BCUT2D eigenvalue weighted by atomic mass is 32.2. The molecule has 0 bridgehead atoms. The number of thiophene rings is 1. The Morgan fingerprint density at radius 2 is 2.00 bits per heavy atom. The third-order valence-electron chi connectivity index (χ3n) is 4.12. The van der Waals surface area contributed by atoms with Crippen molar-refractivity contribution in [3.8, 4) is 10.8 Å².